The summed E-state index contributed by atoms with van der Waals surface area (Å²) >= 11 is 0. The van der Waals surface area contributed by atoms with Crippen molar-refractivity contribution in [2.45, 2.75) is 71.3 Å². The van der Waals surface area contributed by atoms with Crippen molar-refractivity contribution in [3.63, 3.8) is 0 Å². The Hall–Kier alpha value is -3.16. The lowest BCUT2D eigenvalue weighted by atomic mass is 9.62. The molecule has 2 aromatic rings. The monoisotopic (exact) mass is 494 g/mol. The number of amides is 2. The highest BCUT2D eigenvalue weighted by Gasteiger charge is 2.46. The van der Waals surface area contributed by atoms with Crippen LogP contribution in [0.5, 0.6) is 0 Å². The number of ketones is 1. The summed E-state index contributed by atoms with van der Waals surface area (Å²) in [5.41, 5.74) is 1.12. The molecule has 36 heavy (non-hydrogen) atoms. The molecule has 2 aliphatic rings. The molecule has 2 heterocycles. The van der Waals surface area contributed by atoms with Crippen LogP contribution in [0.1, 0.15) is 73.6 Å². The van der Waals surface area contributed by atoms with E-state index in [-0.39, 0.29) is 35.0 Å². The fourth-order valence-electron chi connectivity index (χ4n) is 5.91. The summed E-state index contributed by atoms with van der Waals surface area (Å²) < 4.78 is 13.4. The van der Waals surface area contributed by atoms with E-state index in [9.17, 15) is 18.8 Å². The zero-order valence-corrected chi connectivity index (χ0v) is 21.1. The van der Waals surface area contributed by atoms with Crippen LogP contribution in [0.2, 0.25) is 0 Å². The van der Waals surface area contributed by atoms with E-state index in [0.29, 0.717) is 37.5 Å². The Balaban J connectivity index is 1.50. The van der Waals surface area contributed by atoms with Crippen LogP contribution in [0.25, 0.3) is 0 Å². The number of rotatable bonds is 7. The van der Waals surface area contributed by atoms with E-state index in [1.54, 1.807) is 37.1 Å². The van der Waals surface area contributed by atoms with E-state index < -0.39 is 11.9 Å². The van der Waals surface area contributed by atoms with Gasteiger partial charge in [-0.15, -0.1) is 0 Å². The van der Waals surface area contributed by atoms with Crippen molar-refractivity contribution in [1.29, 1.82) is 0 Å². The molecule has 2 amide bonds. The van der Waals surface area contributed by atoms with Crippen molar-refractivity contribution < 1.29 is 18.8 Å². The van der Waals surface area contributed by atoms with Gasteiger partial charge >= 0.3 is 0 Å². The largest absolute Gasteiger partial charge is 0.341 e. The molecule has 1 aromatic carbocycles. The average molecular weight is 495 g/mol. The minimum atomic E-state index is -0.843. The summed E-state index contributed by atoms with van der Waals surface area (Å²) in [5.74, 6) is -0.427. The molecule has 4 rings (SSSR count). The summed E-state index contributed by atoms with van der Waals surface area (Å²) in [6.07, 6.45) is 10.2. The second kappa shape index (κ2) is 11.3. The number of hydrogen-bond acceptors (Lipinski definition) is 5. The van der Waals surface area contributed by atoms with Crippen LogP contribution in [0.15, 0.2) is 36.7 Å². The van der Waals surface area contributed by atoms with E-state index in [4.69, 9.17) is 0 Å². The van der Waals surface area contributed by atoms with Gasteiger partial charge in [0.15, 0.2) is 0 Å². The number of carbonyl (C=O) groups excluding carboxylic acids is 3. The molecule has 1 atom stereocenters. The molecule has 0 radical (unpaired) electrons. The third kappa shape index (κ3) is 5.79. The molecule has 0 spiro atoms. The van der Waals surface area contributed by atoms with Crippen molar-refractivity contribution in [2.24, 2.45) is 11.3 Å². The lowest BCUT2D eigenvalue weighted by Crippen LogP contribution is -2.55. The maximum absolute atomic E-state index is 13.7. The Labute approximate surface area is 211 Å². The van der Waals surface area contributed by atoms with Crippen LogP contribution >= 0.6 is 0 Å². The Morgan fingerprint density at radius 3 is 2.36 bits per heavy atom. The molecule has 1 aliphatic carbocycles. The molecule has 0 bridgehead atoms. The third-order valence-corrected chi connectivity index (χ3v) is 8.00. The van der Waals surface area contributed by atoms with E-state index in [0.717, 1.165) is 31.2 Å². The first-order valence-electron chi connectivity index (χ1n) is 12.9. The van der Waals surface area contributed by atoms with Crippen LogP contribution in [0, 0.1) is 24.1 Å². The van der Waals surface area contributed by atoms with Crippen LogP contribution in [-0.4, -0.2) is 51.6 Å². The second-order valence-electron chi connectivity index (χ2n) is 10.3. The first-order valence-corrected chi connectivity index (χ1v) is 12.9. The van der Waals surface area contributed by atoms with Gasteiger partial charge in [0.25, 0.3) is 5.91 Å². The Kier molecular flexibility index (Phi) is 8.11. The molecule has 2 fully saturated rings. The Morgan fingerprint density at radius 2 is 1.75 bits per heavy atom. The van der Waals surface area contributed by atoms with Gasteiger partial charge in [0.05, 0.1) is 11.9 Å². The second-order valence-corrected chi connectivity index (χ2v) is 10.3. The number of benzene rings is 1. The number of likely N-dealkylation sites (tertiary alicyclic amines) is 1. The summed E-state index contributed by atoms with van der Waals surface area (Å²) in [7, 11) is 0. The predicted octanol–water partition coefficient (Wildman–Crippen LogP) is 4.04. The minimum absolute atomic E-state index is 0.137. The number of piperidine rings is 1. The fourth-order valence-corrected chi connectivity index (χ4v) is 5.91. The molecule has 0 unspecified atom stereocenters. The van der Waals surface area contributed by atoms with Crippen molar-refractivity contribution in [3.8, 4) is 0 Å². The smallest absolute Gasteiger partial charge is 0.272 e. The van der Waals surface area contributed by atoms with Crippen molar-refractivity contribution in [1.82, 2.24) is 20.2 Å². The molecule has 192 valence electrons. The number of nitrogens with one attached hydrogen (secondary N) is 1. The Bertz CT molecular complexity index is 1090. The summed E-state index contributed by atoms with van der Waals surface area (Å²) in [4.78, 5) is 49.5. The molecule has 1 aliphatic heterocycles. The zero-order chi connectivity index (χ0) is 25.7. The topological polar surface area (TPSA) is 92.3 Å². The van der Waals surface area contributed by atoms with Crippen molar-refractivity contribution in [3.05, 3.63) is 59.4 Å². The quantitative estimate of drug-likeness (QED) is 0.627. The van der Waals surface area contributed by atoms with Gasteiger partial charge in [-0.2, -0.15) is 0 Å². The predicted molar refractivity (Wildman–Crippen MR) is 134 cm³/mol. The number of carbonyl (C=O) groups is 3. The third-order valence-electron chi connectivity index (χ3n) is 8.00. The normalized spacial score (nSPS) is 18.9. The highest BCUT2D eigenvalue weighted by molar-refractivity contribution is 5.96. The Morgan fingerprint density at radius 1 is 1.08 bits per heavy atom. The van der Waals surface area contributed by atoms with Gasteiger partial charge < -0.3 is 10.2 Å². The van der Waals surface area contributed by atoms with Gasteiger partial charge in [0, 0.05) is 31.1 Å². The fraction of sp³-hybridized carbons (Fsp3) is 0.536. The summed E-state index contributed by atoms with van der Waals surface area (Å²) in [5, 5.41) is 2.83. The number of hydrogen-bond donors (Lipinski definition) is 1. The van der Waals surface area contributed by atoms with Gasteiger partial charge in [-0.3, -0.25) is 19.4 Å². The van der Waals surface area contributed by atoms with Gasteiger partial charge in [0.1, 0.15) is 23.3 Å². The molecule has 1 N–H and O–H groups in total. The molecular formula is C28H35FN4O3. The number of aromatic nitrogens is 2. The number of halogens is 1. The van der Waals surface area contributed by atoms with Crippen molar-refractivity contribution in [2.75, 3.05) is 13.1 Å². The maximum Gasteiger partial charge on any atom is 0.272 e. The number of Topliss-reactive ketones (excluding diaryl/α,β-unsaturated/α-hetero) is 1. The molecule has 8 heteroatoms. The number of nitrogens with zero attached hydrogens (tertiary/aromatic N) is 3. The van der Waals surface area contributed by atoms with Crippen LogP contribution < -0.4 is 5.32 Å². The first kappa shape index (κ1) is 25.9. The molecular weight excluding hydrogens is 459 g/mol. The molecule has 1 saturated carbocycles. The summed E-state index contributed by atoms with van der Waals surface area (Å²) in [6.45, 7) is 4.41. The van der Waals surface area contributed by atoms with Gasteiger partial charge in [0.2, 0.25) is 5.91 Å². The highest BCUT2D eigenvalue weighted by atomic mass is 19.1. The van der Waals surface area contributed by atoms with Gasteiger partial charge in [-0.25, -0.2) is 9.37 Å². The highest BCUT2D eigenvalue weighted by Crippen LogP contribution is 2.46. The van der Waals surface area contributed by atoms with Crippen LogP contribution in [-0.2, 0) is 16.0 Å². The molecule has 7 nitrogen and oxygen atoms in total. The van der Waals surface area contributed by atoms with Crippen LogP contribution in [0.3, 0.4) is 0 Å². The standard InChI is InChI=1S/C28H35FN4O3/c1-19-17-30-18-25(31-19)26(35)32-24(16-21-8-10-23(29)11-9-21)27(36)33-14-12-28(13-15-33,20(2)34)22-6-4-3-5-7-22/h8-11,17-18,22,24H,3-7,12-16H2,1-2H3,(H,32,35)/t24-/m1/s1. The SMILES string of the molecule is CC(=O)C1(C2CCCCC2)CCN(C(=O)[C@@H](Cc2ccc(F)cc2)NC(=O)c2cncc(C)n2)CC1. The van der Waals surface area contributed by atoms with E-state index in [1.807, 2.05) is 0 Å². The van der Waals surface area contributed by atoms with Gasteiger partial charge in [-0.1, -0.05) is 31.4 Å². The molecule has 1 aromatic heterocycles. The zero-order valence-electron chi connectivity index (χ0n) is 21.1. The lowest BCUT2D eigenvalue weighted by molar-refractivity contribution is -0.143. The minimum Gasteiger partial charge on any atom is -0.341 e. The summed E-state index contributed by atoms with van der Waals surface area (Å²) in [6, 6.07) is 5.08. The van der Waals surface area contributed by atoms with Crippen LogP contribution in [0.4, 0.5) is 4.39 Å². The van der Waals surface area contributed by atoms with E-state index in [1.165, 1.54) is 24.8 Å². The lowest BCUT2D eigenvalue weighted by Gasteiger charge is -2.47. The molecule has 1 saturated heterocycles. The first-order chi connectivity index (χ1) is 17.3. The maximum atomic E-state index is 13.7. The average Bonchev–Trinajstić information content (AvgIpc) is 2.89. The van der Waals surface area contributed by atoms with Crippen molar-refractivity contribution >= 4 is 17.6 Å². The van der Waals surface area contributed by atoms with Gasteiger partial charge in [-0.05, 0) is 63.1 Å². The van der Waals surface area contributed by atoms with E-state index in [2.05, 4.69) is 15.3 Å². The number of aryl methyl sites for hydroxylation is 1. The van der Waals surface area contributed by atoms with E-state index >= 15 is 0 Å².